The number of hydrogen-bond donors (Lipinski definition) is 0. The predicted octanol–water partition coefficient (Wildman–Crippen LogP) is 7.87. The fourth-order valence-corrected chi connectivity index (χ4v) is 5.22. The molecule has 190 valence electrons. The largest absolute Gasteiger partial charge is 0.488 e. The van der Waals surface area contributed by atoms with Crippen molar-refractivity contribution in [2.45, 2.75) is 58.3 Å². The van der Waals surface area contributed by atoms with Crippen molar-refractivity contribution in [2.75, 3.05) is 6.54 Å². The fourth-order valence-electron chi connectivity index (χ4n) is 5.22. The average molecular weight is 494 g/mol. The zero-order chi connectivity index (χ0) is 26.0. The molecule has 0 spiro atoms. The van der Waals surface area contributed by atoms with Gasteiger partial charge in [0.15, 0.2) is 0 Å². The molecule has 4 aromatic rings. The molecule has 0 fully saturated rings. The minimum Gasteiger partial charge on any atom is -0.488 e. The second-order valence-electron chi connectivity index (χ2n) is 11.0. The van der Waals surface area contributed by atoms with Crippen molar-refractivity contribution in [3.63, 3.8) is 0 Å². The molecule has 2 unspecified atom stereocenters. The Morgan fingerprint density at radius 2 is 1.68 bits per heavy atom. The molecule has 1 aliphatic rings. The van der Waals surface area contributed by atoms with Crippen LogP contribution in [0.25, 0.3) is 10.8 Å². The van der Waals surface area contributed by atoms with E-state index in [2.05, 4.69) is 67.6 Å². The second-order valence-corrected chi connectivity index (χ2v) is 11.0. The highest BCUT2D eigenvalue weighted by Gasteiger charge is 2.33. The summed E-state index contributed by atoms with van der Waals surface area (Å²) < 4.78 is 12.4. The number of fused-ring (bicyclic) bond motifs is 2. The van der Waals surface area contributed by atoms with E-state index in [0.29, 0.717) is 13.1 Å². The normalized spacial score (nSPS) is 17.1. The van der Waals surface area contributed by atoms with E-state index in [1.807, 2.05) is 51.1 Å². The van der Waals surface area contributed by atoms with Crippen molar-refractivity contribution in [1.82, 2.24) is 4.90 Å². The highest BCUT2D eigenvalue weighted by molar-refractivity contribution is 5.86. The van der Waals surface area contributed by atoms with Crippen molar-refractivity contribution in [2.24, 2.45) is 0 Å². The van der Waals surface area contributed by atoms with Gasteiger partial charge in [-0.3, -0.25) is 0 Å². The summed E-state index contributed by atoms with van der Waals surface area (Å²) in [6.45, 7) is 8.73. The fraction of sp³-hybridized carbons (Fsp3) is 0.303. The molecule has 0 bridgehead atoms. The van der Waals surface area contributed by atoms with Gasteiger partial charge in [0.1, 0.15) is 17.5 Å². The lowest BCUT2D eigenvalue weighted by Crippen LogP contribution is -2.43. The smallest absolute Gasteiger partial charge is 0.410 e. The average Bonchev–Trinajstić information content (AvgIpc) is 2.87. The van der Waals surface area contributed by atoms with Crippen LogP contribution < -0.4 is 4.74 Å². The molecule has 0 N–H and O–H groups in total. The van der Waals surface area contributed by atoms with Crippen LogP contribution in [0.5, 0.6) is 5.75 Å². The van der Waals surface area contributed by atoms with Gasteiger partial charge < -0.3 is 14.4 Å². The zero-order valence-electron chi connectivity index (χ0n) is 22.1. The quantitative estimate of drug-likeness (QED) is 0.284. The topological polar surface area (TPSA) is 38.8 Å². The highest BCUT2D eigenvalue weighted by atomic mass is 16.6. The van der Waals surface area contributed by atoms with Gasteiger partial charge >= 0.3 is 6.09 Å². The summed E-state index contributed by atoms with van der Waals surface area (Å²) in [5.41, 5.74) is 4.22. The van der Waals surface area contributed by atoms with Crippen LogP contribution in [0.15, 0.2) is 91.0 Å². The number of benzene rings is 4. The summed E-state index contributed by atoms with van der Waals surface area (Å²) in [6.07, 6.45) is 0.299. The second kappa shape index (κ2) is 10.3. The molecule has 2 atom stereocenters. The summed E-state index contributed by atoms with van der Waals surface area (Å²) in [6, 6.07) is 31.5. The first-order valence-corrected chi connectivity index (χ1v) is 13.0. The molecule has 0 aliphatic carbocycles. The molecule has 0 radical (unpaired) electrons. The van der Waals surface area contributed by atoms with Crippen molar-refractivity contribution in [3.05, 3.63) is 113 Å². The molecular formula is C33H35NO3. The van der Waals surface area contributed by atoms with Gasteiger partial charge in [-0.2, -0.15) is 0 Å². The van der Waals surface area contributed by atoms with Gasteiger partial charge in [0.05, 0.1) is 6.54 Å². The maximum absolute atomic E-state index is 13.5. The van der Waals surface area contributed by atoms with Gasteiger partial charge in [0, 0.05) is 18.0 Å². The van der Waals surface area contributed by atoms with Crippen molar-refractivity contribution >= 4 is 16.9 Å². The molecule has 4 heteroatoms. The molecule has 0 saturated carbocycles. The molecule has 0 saturated heterocycles. The van der Waals surface area contributed by atoms with E-state index < -0.39 is 5.60 Å². The van der Waals surface area contributed by atoms with Crippen LogP contribution in [0.2, 0.25) is 0 Å². The van der Waals surface area contributed by atoms with Crippen molar-refractivity contribution in [1.29, 1.82) is 0 Å². The summed E-state index contributed by atoms with van der Waals surface area (Å²) in [7, 11) is 0. The number of ether oxygens (including phenoxy) is 2. The standard InChI is InChI=1S/C33H35NO3/c1-23-11-9-14-25(19-23)30-20-27(36-31-18-8-7-17-29(30)31)22-34(32(35)37-33(2,3)4)21-26-15-10-13-24-12-5-6-16-28(24)26/h5-19,27,30H,20-22H2,1-4H3. The van der Waals surface area contributed by atoms with Gasteiger partial charge in [-0.05, 0) is 62.1 Å². The molecule has 37 heavy (non-hydrogen) atoms. The number of rotatable bonds is 5. The third-order valence-electron chi connectivity index (χ3n) is 6.85. The molecule has 1 amide bonds. The van der Waals surface area contributed by atoms with Gasteiger partial charge in [0.25, 0.3) is 0 Å². The van der Waals surface area contributed by atoms with E-state index in [1.54, 1.807) is 4.90 Å². The first-order valence-electron chi connectivity index (χ1n) is 13.0. The third-order valence-corrected chi connectivity index (χ3v) is 6.85. The Bertz CT molecular complexity index is 1400. The SMILES string of the molecule is Cc1cccc(C2CC(CN(Cc3cccc4ccccc34)C(=O)OC(C)(C)C)Oc3ccccc32)c1. The van der Waals surface area contributed by atoms with E-state index in [9.17, 15) is 4.79 Å². The van der Waals surface area contributed by atoms with Crippen LogP contribution in [0.4, 0.5) is 4.79 Å². The van der Waals surface area contributed by atoms with Crippen molar-refractivity contribution < 1.29 is 14.3 Å². The zero-order valence-corrected chi connectivity index (χ0v) is 22.1. The molecular weight excluding hydrogens is 458 g/mol. The van der Waals surface area contributed by atoms with Crippen LogP contribution in [0, 0.1) is 6.92 Å². The number of hydrogen-bond acceptors (Lipinski definition) is 3. The highest BCUT2D eigenvalue weighted by Crippen LogP contribution is 2.41. The first kappa shape index (κ1) is 24.9. The van der Waals surface area contributed by atoms with E-state index in [0.717, 1.165) is 28.5 Å². The lowest BCUT2D eigenvalue weighted by molar-refractivity contribution is 0.0129. The Labute approximate surface area is 219 Å². The molecule has 5 rings (SSSR count). The Morgan fingerprint density at radius 3 is 2.49 bits per heavy atom. The van der Waals surface area contributed by atoms with Crippen LogP contribution in [0.1, 0.15) is 55.4 Å². The molecule has 0 aromatic heterocycles. The Kier molecular flexibility index (Phi) is 6.92. The summed E-state index contributed by atoms with van der Waals surface area (Å²) >= 11 is 0. The Hall–Kier alpha value is -3.79. The number of carbonyl (C=O) groups is 1. The van der Waals surface area contributed by atoms with E-state index in [1.165, 1.54) is 16.7 Å². The third kappa shape index (κ3) is 5.80. The minimum absolute atomic E-state index is 0.164. The lowest BCUT2D eigenvalue weighted by atomic mass is 9.83. The first-order chi connectivity index (χ1) is 17.8. The molecule has 4 aromatic carbocycles. The van der Waals surface area contributed by atoms with Crippen molar-refractivity contribution in [3.8, 4) is 5.75 Å². The van der Waals surface area contributed by atoms with Gasteiger partial charge in [-0.25, -0.2) is 4.79 Å². The number of aryl methyl sites for hydroxylation is 1. The van der Waals surface area contributed by atoms with Gasteiger partial charge in [-0.15, -0.1) is 0 Å². The van der Waals surface area contributed by atoms with Gasteiger partial charge in [0.2, 0.25) is 0 Å². The van der Waals surface area contributed by atoms with Crippen LogP contribution in [-0.2, 0) is 11.3 Å². The predicted molar refractivity (Wildman–Crippen MR) is 149 cm³/mol. The number of carbonyl (C=O) groups excluding carboxylic acids is 1. The van der Waals surface area contributed by atoms with Gasteiger partial charge in [-0.1, -0.05) is 90.5 Å². The monoisotopic (exact) mass is 493 g/mol. The summed E-state index contributed by atoms with van der Waals surface area (Å²) in [5.74, 6) is 1.09. The van der Waals surface area contributed by atoms with Crippen LogP contribution >= 0.6 is 0 Å². The Balaban J connectivity index is 1.46. The Morgan fingerprint density at radius 1 is 0.946 bits per heavy atom. The maximum atomic E-state index is 13.5. The summed E-state index contributed by atoms with van der Waals surface area (Å²) in [5, 5.41) is 2.30. The van der Waals surface area contributed by atoms with E-state index >= 15 is 0 Å². The number of para-hydroxylation sites is 1. The maximum Gasteiger partial charge on any atom is 0.410 e. The van der Waals surface area contributed by atoms with Crippen LogP contribution in [0.3, 0.4) is 0 Å². The molecule has 1 heterocycles. The van der Waals surface area contributed by atoms with E-state index in [4.69, 9.17) is 9.47 Å². The summed E-state index contributed by atoms with van der Waals surface area (Å²) in [4.78, 5) is 15.3. The minimum atomic E-state index is -0.585. The van der Waals surface area contributed by atoms with Crippen LogP contribution in [-0.4, -0.2) is 29.2 Å². The molecule has 1 aliphatic heterocycles. The number of nitrogens with zero attached hydrogens (tertiary/aromatic N) is 1. The van der Waals surface area contributed by atoms with E-state index in [-0.39, 0.29) is 18.1 Å². The lowest BCUT2D eigenvalue weighted by Gasteiger charge is -2.36. The molecule has 4 nitrogen and oxygen atoms in total. The number of amides is 1.